The molecule has 0 saturated carbocycles. The molecule has 1 atom stereocenters. The van der Waals surface area contributed by atoms with Crippen molar-refractivity contribution in [3.8, 4) is 11.5 Å². The minimum atomic E-state index is -0.661. The van der Waals surface area contributed by atoms with Gasteiger partial charge in [-0.25, -0.2) is 0 Å². The van der Waals surface area contributed by atoms with E-state index in [0.717, 1.165) is 5.56 Å². The van der Waals surface area contributed by atoms with Crippen LogP contribution in [0.5, 0.6) is 11.5 Å². The summed E-state index contributed by atoms with van der Waals surface area (Å²) in [5.41, 5.74) is 1.63. The number of aliphatic hydroxyl groups excluding tert-OH is 1. The van der Waals surface area contributed by atoms with Crippen LogP contribution >= 0.6 is 11.6 Å². The van der Waals surface area contributed by atoms with Gasteiger partial charge in [-0.2, -0.15) is 0 Å². The molecule has 0 spiro atoms. The second kappa shape index (κ2) is 5.15. The molecule has 1 aromatic heterocycles. The number of ether oxygens (including phenoxy) is 2. The normalized spacial score (nSPS) is 15.3. The zero-order valence-electron chi connectivity index (χ0n) is 10.1. The highest BCUT2D eigenvalue weighted by Gasteiger charge is 2.19. The summed E-state index contributed by atoms with van der Waals surface area (Å²) in [6.07, 6.45) is 3.00. The topological polar surface area (TPSA) is 51.8 Å². The maximum absolute atomic E-state index is 10.2. The van der Waals surface area contributed by atoms with Crippen molar-refractivity contribution in [1.29, 1.82) is 0 Å². The van der Waals surface area contributed by atoms with Crippen LogP contribution in [0.4, 0.5) is 0 Å². The fraction of sp³-hybridized carbons (Fsp3) is 0.286. The molecule has 0 bridgehead atoms. The highest BCUT2D eigenvalue weighted by atomic mass is 35.5. The van der Waals surface area contributed by atoms with E-state index in [1.54, 1.807) is 24.7 Å². The Labute approximate surface area is 115 Å². The van der Waals surface area contributed by atoms with Crippen LogP contribution in [-0.2, 0) is 6.42 Å². The third-order valence-electron chi connectivity index (χ3n) is 3.01. The molecule has 2 aromatic rings. The van der Waals surface area contributed by atoms with Gasteiger partial charge in [-0.3, -0.25) is 0 Å². The van der Waals surface area contributed by atoms with Gasteiger partial charge in [0.05, 0.1) is 23.7 Å². The summed E-state index contributed by atoms with van der Waals surface area (Å²) < 4.78 is 15.9. The van der Waals surface area contributed by atoms with Crippen LogP contribution < -0.4 is 9.47 Å². The SMILES string of the molecule is OC(Cc1ccoc1)c1cc(Cl)c2c(c1)OCCO2. The Morgan fingerprint density at radius 1 is 1.26 bits per heavy atom. The summed E-state index contributed by atoms with van der Waals surface area (Å²) in [6, 6.07) is 5.30. The first kappa shape index (κ1) is 12.4. The fourth-order valence-electron chi connectivity index (χ4n) is 2.07. The number of furan rings is 1. The molecule has 2 heterocycles. The Hall–Kier alpha value is -1.65. The summed E-state index contributed by atoms with van der Waals surface area (Å²) in [5.74, 6) is 1.13. The smallest absolute Gasteiger partial charge is 0.179 e. The van der Waals surface area contributed by atoms with E-state index in [0.29, 0.717) is 41.7 Å². The summed E-state index contributed by atoms with van der Waals surface area (Å²) >= 11 is 6.14. The van der Waals surface area contributed by atoms with Crippen molar-refractivity contribution < 1.29 is 19.0 Å². The van der Waals surface area contributed by atoms with E-state index in [1.807, 2.05) is 6.07 Å². The number of hydrogen-bond acceptors (Lipinski definition) is 4. The van der Waals surface area contributed by atoms with E-state index in [-0.39, 0.29) is 0 Å². The van der Waals surface area contributed by atoms with E-state index in [4.69, 9.17) is 25.5 Å². The van der Waals surface area contributed by atoms with Gasteiger partial charge in [-0.05, 0) is 29.3 Å². The average molecular weight is 281 g/mol. The molecule has 19 heavy (non-hydrogen) atoms. The van der Waals surface area contributed by atoms with Crippen LogP contribution in [0.15, 0.2) is 35.1 Å². The molecule has 0 fully saturated rings. The first-order valence-corrected chi connectivity index (χ1v) is 6.40. The lowest BCUT2D eigenvalue weighted by atomic mass is 10.0. The summed E-state index contributed by atoms with van der Waals surface area (Å²) in [5, 5.41) is 10.7. The molecule has 4 nitrogen and oxygen atoms in total. The monoisotopic (exact) mass is 280 g/mol. The molecule has 0 radical (unpaired) electrons. The third-order valence-corrected chi connectivity index (χ3v) is 3.29. The van der Waals surface area contributed by atoms with Crippen molar-refractivity contribution in [2.24, 2.45) is 0 Å². The third kappa shape index (κ3) is 2.55. The van der Waals surface area contributed by atoms with Crippen LogP contribution in [0.3, 0.4) is 0 Å². The largest absolute Gasteiger partial charge is 0.486 e. The van der Waals surface area contributed by atoms with Crippen LogP contribution in [0.25, 0.3) is 0 Å². The van der Waals surface area contributed by atoms with Crippen molar-refractivity contribution in [2.75, 3.05) is 13.2 Å². The van der Waals surface area contributed by atoms with Crippen molar-refractivity contribution in [1.82, 2.24) is 0 Å². The van der Waals surface area contributed by atoms with Gasteiger partial charge in [0.25, 0.3) is 0 Å². The van der Waals surface area contributed by atoms with Crippen LogP contribution in [0.1, 0.15) is 17.2 Å². The zero-order chi connectivity index (χ0) is 13.2. The van der Waals surface area contributed by atoms with Crippen molar-refractivity contribution in [2.45, 2.75) is 12.5 Å². The number of benzene rings is 1. The number of aliphatic hydroxyl groups is 1. The number of fused-ring (bicyclic) bond motifs is 1. The first-order valence-electron chi connectivity index (χ1n) is 6.02. The summed E-state index contributed by atoms with van der Waals surface area (Å²) in [4.78, 5) is 0. The molecule has 100 valence electrons. The molecule has 0 amide bonds. The van der Waals surface area contributed by atoms with E-state index in [9.17, 15) is 5.11 Å². The first-order chi connectivity index (χ1) is 9.24. The lowest BCUT2D eigenvalue weighted by molar-refractivity contribution is 0.164. The predicted molar refractivity (Wildman–Crippen MR) is 69.8 cm³/mol. The van der Waals surface area contributed by atoms with Crippen LogP contribution in [-0.4, -0.2) is 18.3 Å². The Morgan fingerprint density at radius 2 is 2.11 bits per heavy atom. The van der Waals surface area contributed by atoms with Gasteiger partial charge in [-0.15, -0.1) is 0 Å². The molecular weight excluding hydrogens is 268 g/mol. The standard InChI is InChI=1S/C14H13ClO4/c15-11-6-10(7-13-14(11)19-4-3-18-13)12(16)5-9-1-2-17-8-9/h1-2,6-8,12,16H,3-5H2. The maximum Gasteiger partial charge on any atom is 0.179 e. The van der Waals surface area contributed by atoms with Gasteiger partial charge >= 0.3 is 0 Å². The molecule has 0 saturated heterocycles. The molecule has 3 rings (SSSR count). The molecule has 1 aromatic carbocycles. The molecule has 1 N–H and O–H groups in total. The molecular formula is C14H13ClO4. The minimum Gasteiger partial charge on any atom is -0.486 e. The van der Waals surface area contributed by atoms with E-state index < -0.39 is 6.10 Å². The average Bonchev–Trinajstić information content (AvgIpc) is 2.91. The van der Waals surface area contributed by atoms with Gasteiger partial charge in [0, 0.05) is 6.42 Å². The Kier molecular flexibility index (Phi) is 3.36. The Balaban J connectivity index is 1.86. The van der Waals surface area contributed by atoms with Gasteiger partial charge in [0.1, 0.15) is 13.2 Å². The van der Waals surface area contributed by atoms with Gasteiger partial charge in [-0.1, -0.05) is 11.6 Å². The quantitative estimate of drug-likeness (QED) is 0.939. The lowest BCUT2D eigenvalue weighted by Gasteiger charge is -2.21. The molecule has 1 unspecified atom stereocenters. The van der Waals surface area contributed by atoms with Gasteiger partial charge in [0.15, 0.2) is 11.5 Å². The molecule has 5 heteroatoms. The highest BCUT2D eigenvalue weighted by molar-refractivity contribution is 6.32. The van der Waals surface area contributed by atoms with Crippen LogP contribution in [0, 0.1) is 0 Å². The summed E-state index contributed by atoms with van der Waals surface area (Å²) in [6.45, 7) is 0.980. The number of hydrogen-bond donors (Lipinski definition) is 1. The second-order valence-electron chi connectivity index (χ2n) is 4.38. The fourth-order valence-corrected chi connectivity index (χ4v) is 2.35. The van der Waals surface area contributed by atoms with Crippen LogP contribution in [0.2, 0.25) is 5.02 Å². The zero-order valence-corrected chi connectivity index (χ0v) is 10.9. The van der Waals surface area contributed by atoms with Crippen molar-refractivity contribution in [3.05, 3.63) is 46.9 Å². The lowest BCUT2D eigenvalue weighted by Crippen LogP contribution is -2.16. The number of rotatable bonds is 3. The van der Waals surface area contributed by atoms with E-state index in [1.165, 1.54) is 0 Å². The minimum absolute atomic E-state index is 0.457. The molecule has 1 aliphatic heterocycles. The van der Waals surface area contributed by atoms with E-state index in [2.05, 4.69) is 0 Å². The second-order valence-corrected chi connectivity index (χ2v) is 4.79. The molecule has 1 aliphatic rings. The van der Waals surface area contributed by atoms with Gasteiger partial charge in [0.2, 0.25) is 0 Å². The Morgan fingerprint density at radius 3 is 2.89 bits per heavy atom. The number of halogens is 1. The Bertz CT molecular complexity index is 565. The summed E-state index contributed by atoms with van der Waals surface area (Å²) in [7, 11) is 0. The van der Waals surface area contributed by atoms with Gasteiger partial charge < -0.3 is 19.0 Å². The maximum atomic E-state index is 10.2. The van der Waals surface area contributed by atoms with Crippen molar-refractivity contribution >= 4 is 11.6 Å². The predicted octanol–water partition coefficient (Wildman–Crippen LogP) is 2.98. The highest BCUT2D eigenvalue weighted by Crippen LogP contribution is 2.40. The van der Waals surface area contributed by atoms with E-state index >= 15 is 0 Å². The molecule has 0 aliphatic carbocycles. The van der Waals surface area contributed by atoms with Crippen molar-refractivity contribution in [3.63, 3.8) is 0 Å².